The number of nitrogens with one attached hydrogen (secondary N) is 1. The van der Waals surface area contributed by atoms with Gasteiger partial charge < -0.3 is 15.0 Å². The number of carbonyl (C=O) groups is 1. The molecule has 1 N–H and O–H groups in total. The van der Waals surface area contributed by atoms with Crippen LogP contribution in [0, 0.1) is 5.41 Å². The molecule has 0 spiro atoms. The van der Waals surface area contributed by atoms with Gasteiger partial charge in [-0.2, -0.15) is 11.8 Å². The Kier molecular flexibility index (Phi) is 5.70. The SMILES string of the molecule is CC1SCCC1NCC1(C)CCCN(C(=O)OC(C)(C)C)C1. The molecule has 1 amide bonds. The Morgan fingerprint density at radius 1 is 1.45 bits per heavy atom. The molecule has 0 aromatic carbocycles. The zero-order chi connectivity index (χ0) is 16.4. The molecule has 3 unspecified atom stereocenters. The van der Waals surface area contributed by atoms with E-state index in [1.807, 2.05) is 25.7 Å². The normalized spacial score (nSPS) is 33.0. The van der Waals surface area contributed by atoms with Crippen LogP contribution in [0.15, 0.2) is 0 Å². The molecule has 2 fully saturated rings. The van der Waals surface area contributed by atoms with Crippen molar-refractivity contribution >= 4 is 17.9 Å². The maximum atomic E-state index is 12.3. The van der Waals surface area contributed by atoms with Crippen LogP contribution in [-0.2, 0) is 4.74 Å². The average Bonchev–Trinajstić information content (AvgIpc) is 2.80. The highest BCUT2D eigenvalue weighted by atomic mass is 32.2. The summed E-state index contributed by atoms with van der Waals surface area (Å²) in [5.41, 5.74) is -0.262. The monoisotopic (exact) mass is 328 g/mol. The molecule has 2 saturated heterocycles. The third-order valence-corrected chi connectivity index (χ3v) is 5.93. The molecule has 0 saturated carbocycles. The number of piperidine rings is 1. The van der Waals surface area contributed by atoms with Gasteiger partial charge in [-0.3, -0.25) is 0 Å². The Morgan fingerprint density at radius 3 is 2.77 bits per heavy atom. The second-order valence-electron chi connectivity index (χ2n) is 8.17. The fourth-order valence-corrected chi connectivity index (χ4v) is 4.55. The molecule has 0 radical (unpaired) electrons. The van der Waals surface area contributed by atoms with Crippen molar-refractivity contribution in [2.24, 2.45) is 5.41 Å². The fourth-order valence-electron chi connectivity index (χ4n) is 3.32. The quantitative estimate of drug-likeness (QED) is 0.861. The molecule has 2 rings (SSSR count). The first kappa shape index (κ1) is 17.9. The highest BCUT2D eigenvalue weighted by Gasteiger charge is 2.36. The van der Waals surface area contributed by atoms with Gasteiger partial charge in [0.15, 0.2) is 0 Å². The van der Waals surface area contributed by atoms with Crippen LogP contribution < -0.4 is 5.32 Å². The van der Waals surface area contributed by atoms with Crippen LogP contribution in [-0.4, -0.2) is 53.3 Å². The van der Waals surface area contributed by atoms with Crippen molar-refractivity contribution in [3.63, 3.8) is 0 Å². The summed E-state index contributed by atoms with van der Waals surface area (Å²) in [6, 6.07) is 0.624. The van der Waals surface area contributed by atoms with Gasteiger partial charge in [-0.25, -0.2) is 4.79 Å². The summed E-state index contributed by atoms with van der Waals surface area (Å²) in [5.74, 6) is 1.26. The van der Waals surface area contributed by atoms with Gasteiger partial charge in [0, 0.05) is 30.9 Å². The van der Waals surface area contributed by atoms with Crippen molar-refractivity contribution in [1.29, 1.82) is 0 Å². The number of likely N-dealkylation sites (tertiary alicyclic amines) is 1. The van der Waals surface area contributed by atoms with E-state index in [1.165, 1.54) is 18.6 Å². The van der Waals surface area contributed by atoms with Crippen LogP contribution >= 0.6 is 11.8 Å². The summed E-state index contributed by atoms with van der Waals surface area (Å²) in [6.07, 6.45) is 3.33. The van der Waals surface area contributed by atoms with Gasteiger partial charge in [0.25, 0.3) is 0 Å². The number of ether oxygens (including phenoxy) is 1. The standard InChI is InChI=1S/C17H32N2O2S/c1-13-14(7-10-22-13)18-11-17(5)8-6-9-19(12-17)15(20)21-16(2,3)4/h13-14,18H,6-12H2,1-5H3. The molecule has 2 aliphatic heterocycles. The van der Waals surface area contributed by atoms with Gasteiger partial charge in [-0.05, 0) is 51.2 Å². The number of hydrogen-bond donors (Lipinski definition) is 1. The van der Waals surface area contributed by atoms with Crippen molar-refractivity contribution < 1.29 is 9.53 Å². The minimum atomic E-state index is -0.417. The Hall–Kier alpha value is -0.420. The molecule has 3 atom stereocenters. The molecule has 22 heavy (non-hydrogen) atoms. The van der Waals surface area contributed by atoms with E-state index >= 15 is 0 Å². The lowest BCUT2D eigenvalue weighted by Gasteiger charge is -2.41. The van der Waals surface area contributed by atoms with Crippen LogP contribution in [0.4, 0.5) is 4.79 Å². The number of nitrogens with zero attached hydrogens (tertiary/aromatic N) is 1. The summed E-state index contributed by atoms with van der Waals surface area (Å²) in [5, 5.41) is 4.45. The summed E-state index contributed by atoms with van der Waals surface area (Å²) >= 11 is 2.06. The third kappa shape index (κ3) is 5.05. The number of hydrogen-bond acceptors (Lipinski definition) is 4. The average molecular weight is 329 g/mol. The maximum absolute atomic E-state index is 12.3. The van der Waals surface area contributed by atoms with Crippen molar-refractivity contribution in [2.75, 3.05) is 25.4 Å². The fraction of sp³-hybridized carbons (Fsp3) is 0.941. The predicted octanol–water partition coefficient (Wildman–Crippen LogP) is 3.51. The van der Waals surface area contributed by atoms with Gasteiger partial charge in [0.1, 0.15) is 5.60 Å². The van der Waals surface area contributed by atoms with Crippen LogP contribution in [0.1, 0.15) is 53.9 Å². The Bertz CT molecular complexity index is 397. The Labute approximate surface area is 139 Å². The first-order valence-electron chi connectivity index (χ1n) is 8.51. The van der Waals surface area contributed by atoms with Crippen molar-refractivity contribution in [3.05, 3.63) is 0 Å². The minimum absolute atomic E-state index is 0.155. The second-order valence-corrected chi connectivity index (χ2v) is 9.65. The number of carbonyl (C=O) groups excluding carboxylic acids is 1. The molecule has 2 aliphatic rings. The first-order chi connectivity index (χ1) is 10.2. The summed E-state index contributed by atoms with van der Waals surface area (Å²) in [7, 11) is 0. The molecule has 5 heteroatoms. The zero-order valence-corrected chi connectivity index (χ0v) is 15.6. The second kappa shape index (κ2) is 7.00. The van der Waals surface area contributed by atoms with E-state index in [1.54, 1.807) is 0 Å². The molecular formula is C17H32N2O2S. The number of amides is 1. The molecule has 4 nitrogen and oxygen atoms in total. The third-order valence-electron chi connectivity index (χ3n) is 4.60. The van der Waals surface area contributed by atoms with Gasteiger partial charge in [-0.1, -0.05) is 13.8 Å². The number of rotatable bonds is 3. The van der Waals surface area contributed by atoms with Crippen LogP contribution in [0.5, 0.6) is 0 Å². The Morgan fingerprint density at radius 2 is 2.18 bits per heavy atom. The molecule has 128 valence electrons. The Balaban J connectivity index is 1.86. The van der Waals surface area contributed by atoms with Gasteiger partial charge in [0.2, 0.25) is 0 Å². The predicted molar refractivity (Wildman–Crippen MR) is 93.5 cm³/mol. The lowest BCUT2D eigenvalue weighted by Crippen LogP contribution is -2.51. The molecule has 0 bridgehead atoms. The van der Waals surface area contributed by atoms with Crippen molar-refractivity contribution in [1.82, 2.24) is 10.2 Å². The largest absolute Gasteiger partial charge is 0.444 e. The molecule has 2 heterocycles. The van der Waals surface area contributed by atoms with E-state index in [0.717, 1.165) is 26.1 Å². The lowest BCUT2D eigenvalue weighted by molar-refractivity contribution is 0.00649. The maximum Gasteiger partial charge on any atom is 0.410 e. The highest BCUT2D eigenvalue weighted by molar-refractivity contribution is 8.00. The zero-order valence-electron chi connectivity index (χ0n) is 14.8. The molecule has 0 aromatic heterocycles. The highest BCUT2D eigenvalue weighted by Crippen LogP contribution is 2.31. The topological polar surface area (TPSA) is 41.6 Å². The van der Waals surface area contributed by atoms with Gasteiger partial charge in [-0.15, -0.1) is 0 Å². The molecular weight excluding hydrogens is 296 g/mol. The summed E-state index contributed by atoms with van der Waals surface area (Å²) < 4.78 is 5.53. The summed E-state index contributed by atoms with van der Waals surface area (Å²) in [4.78, 5) is 14.2. The van der Waals surface area contributed by atoms with Gasteiger partial charge in [0.05, 0.1) is 0 Å². The minimum Gasteiger partial charge on any atom is -0.444 e. The van der Waals surface area contributed by atoms with Crippen molar-refractivity contribution in [2.45, 2.75) is 70.8 Å². The van der Waals surface area contributed by atoms with Gasteiger partial charge >= 0.3 is 6.09 Å². The van der Waals surface area contributed by atoms with Crippen LogP contribution in [0.25, 0.3) is 0 Å². The first-order valence-corrected chi connectivity index (χ1v) is 9.56. The van der Waals surface area contributed by atoms with E-state index in [-0.39, 0.29) is 11.5 Å². The van der Waals surface area contributed by atoms with E-state index < -0.39 is 5.60 Å². The molecule has 0 aromatic rings. The van der Waals surface area contributed by atoms with Crippen LogP contribution in [0.3, 0.4) is 0 Å². The smallest absolute Gasteiger partial charge is 0.410 e. The molecule has 0 aliphatic carbocycles. The summed E-state index contributed by atoms with van der Waals surface area (Å²) in [6.45, 7) is 13.0. The van der Waals surface area contributed by atoms with Crippen LogP contribution in [0.2, 0.25) is 0 Å². The number of thioether (sulfide) groups is 1. The lowest BCUT2D eigenvalue weighted by atomic mass is 9.81. The van der Waals surface area contributed by atoms with E-state index in [9.17, 15) is 4.79 Å². The van der Waals surface area contributed by atoms with E-state index in [2.05, 4.69) is 30.9 Å². The van der Waals surface area contributed by atoms with E-state index in [4.69, 9.17) is 4.74 Å². The van der Waals surface area contributed by atoms with E-state index in [0.29, 0.717) is 11.3 Å². The van der Waals surface area contributed by atoms with Crippen molar-refractivity contribution in [3.8, 4) is 0 Å².